The molecule has 3 rings (SSSR count). The number of amidine groups is 1. The molecule has 2 aromatic carbocycles. The molecule has 0 saturated heterocycles. The zero-order valence-electron chi connectivity index (χ0n) is 14.6. The predicted molar refractivity (Wildman–Crippen MR) is 107 cm³/mol. The quantitative estimate of drug-likeness (QED) is 0.284. The molecule has 1 aromatic heterocycles. The van der Waals surface area contributed by atoms with Crippen molar-refractivity contribution in [1.29, 1.82) is 5.41 Å². The van der Waals surface area contributed by atoms with Crippen molar-refractivity contribution in [3.8, 4) is 11.8 Å². The molecule has 0 aliphatic rings. The summed E-state index contributed by atoms with van der Waals surface area (Å²) in [7, 11) is 0. The van der Waals surface area contributed by atoms with Gasteiger partial charge in [0.25, 0.3) is 0 Å². The van der Waals surface area contributed by atoms with Gasteiger partial charge in [0, 0.05) is 40.3 Å². The Hall–Kier alpha value is -3.91. The maximum atomic E-state index is 12.3. The number of carbonyl (C=O) groups is 1. The van der Waals surface area contributed by atoms with E-state index in [4.69, 9.17) is 11.1 Å². The Morgan fingerprint density at radius 3 is 2.15 bits per heavy atom. The zero-order valence-corrected chi connectivity index (χ0v) is 14.6. The van der Waals surface area contributed by atoms with Crippen LogP contribution in [0.15, 0.2) is 73.1 Å². The fraction of sp³-hybridized carbons (Fsp3) is 0.0455. The Bertz CT molecular complexity index is 998. The van der Waals surface area contributed by atoms with Gasteiger partial charge in [0.15, 0.2) is 5.78 Å². The molecule has 0 saturated carbocycles. The monoisotopic (exact) mass is 354 g/mol. The van der Waals surface area contributed by atoms with Crippen molar-refractivity contribution in [3.05, 3.63) is 95.3 Å². The molecule has 4 N–H and O–H groups in total. The van der Waals surface area contributed by atoms with Gasteiger partial charge in [-0.3, -0.25) is 15.2 Å². The summed E-state index contributed by atoms with van der Waals surface area (Å²) >= 11 is 0. The maximum Gasteiger partial charge on any atom is 0.193 e. The number of carbonyl (C=O) groups excluding carboxylic acids is 1. The van der Waals surface area contributed by atoms with E-state index in [-0.39, 0.29) is 11.6 Å². The van der Waals surface area contributed by atoms with Crippen molar-refractivity contribution in [1.82, 2.24) is 4.98 Å². The van der Waals surface area contributed by atoms with E-state index in [2.05, 4.69) is 22.1 Å². The van der Waals surface area contributed by atoms with Crippen LogP contribution < -0.4 is 11.1 Å². The van der Waals surface area contributed by atoms with Crippen molar-refractivity contribution in [2.24, 2.45) is 5.73 Å². The minimum Gasteiger partial charge on any atom is -0.384 e. The van der Waals surface area contributed by atoms with Gasteiger partial charge in [0.05, 0.1) is 6.54 Å². The third-order valence-electron chi connectivity index (χ3n) is 3.90. The molecule has 1 heterocycles. The number of nitrogen functional groups attached to an aromatic ring is 1. The van der Waals surface area contributed by atoms with Gasteiger partial charge in [-0.05, 0) is 60.7 Å². The van der Waals surface area contributed by atoms with Gasteiger partial charge in [-0.25, -0.2) is 0 Å². The van der Waals surface area contributed by atoms with Crippen LogP contribution in [-0.4, -0.2) is 23.1 Å². The summed E-state index contributed by atoms with van der Waals surface area (Å²) in [6.07, 6.45) is 3.21. The second-order valence-corrected chi connectivity index (χ2v) is 5.79. The van der Waals surface area contributed by atoms with Crippen LogP contribution in [0, 0.1) is 17.3 Å². The van der Waals surface area contributed by atoms with Gasteiger partial charge in [-0.1, -0.05) is 11.8 Å². The topological polar surface area (TPSA) is 91.9 Å². The number of rotatable bonds is 5. The highest BCUT2D eigenvalue weighted by atomic mass is 16.1. The molecule has 0 amide bonds. The van der Waals surface area contributed by atoms with Crippen LogP contribution >= 0.6 is 0 Å². The Labute approximate surface area is 157 Å². The van der Waals surface area contributed by atoms with Crippen LogP contribution in [0.1, 0.15) is 27.0 Å². The highest BCUT2D eigenvalue weighted by Crippen LogP contribution is 2.10. The van der Waals surface area contributed by atoms with E-state index in [1.54, 1.807) is 48.8 Å². The van der Waals surface area contributed by atoms with E-state index >= 15 is 0 Å². The molecule has 0 aliphatic carbocycles. The summed E-state index contributed by atoms with van der Waals surface area (Å²) < 4.78 is 0. The minimum absolute atomic E-state index is 0.0346. The molecule has 5 heteroatoms. The van der Waals surface area contributed by atoms with Crippen LogP contribution in [0.4, 0.5) is 5.69 Å². The Balaban J connectivity index is 1.57. The summed E-state index contributed by atoms with van der Waals surface area (Å²) in [5.74, 6) is 6.12. The molecule has 0 radical (unpaired) electrons. The Morgan fingerprint density at radius 2 is 1.52 bits per heavy atom. The van der Waals surface area contributed by atoms with E-state index in [1.165, 1.54) is 0 Å². The van der Waals surface area contributed by atoms with Crippen LogP contribution in [0.25, 0.3) is 0 Å². The third kappa shape index (κ3) is 4.80. The van der Waals surface area contributed by atoms with Crippen molar-refractivity contribution in [3.63, 3.8) is 0 Å². The molecule has 5 nitrogen and oxygen atoms in total. The first-order chi connectivity index (χ1) is 13.1. The SMILES string of the molecule is N=C(N)c1ccc(NCC#Cc2ccc(C(=O)c3ccncc3)cc2)cc1. The molecule has 27 heavy (non-hydrogen) atoms. The molecule has 0 spiro atoms. The van der Waals surface area contributed by atoms with Crippen molar-refractivity contribution in [2.45, 2.75) is 0 Å². The lowest BCUT2D eigenvalue weighted by Gasteiger charge is -2.03. The Morgan fingerprint density at radius 1 is 0.926 bits per heavy atom. The first kappa shape index (κ1) is 17.9. The average molecular weight is 354 g/mol. The molecule has 0 atom stereocenters. The van der Waals surface area contributed by atoms with Crippen LogP contribution in [0.2, 0.25) is 0 Å². The number of nitrogens with zero attached hydrogens (tertiary/aromatic N) is 1. The lowest BCUT2D eigenvalue weighted by Crippen LogP contribution is -2.10. The van der Waals surface area contributed by atoms with E-state index in [9.17, 15) is 4.79 Å². The molecular weight excluding hydrogens is 336 g/mol. The normalized spacial score (nSPS) is 9.78. The van der Waals surface area contributed by atoms with Gasteiger partial charge in [0.2, 0.25) is 0 Å². The lowest BCUT2D eigenvalue weighted by molar-refractivity contribution is 0.103. The second-order valence-electron chi connectivity index (χ2n) is 5.79. The van der Waals surface area contributed by atoms with Crippen LogP contribution in [-0.2, 0) is 0 Å². The van der Waals surface area contributed by atoms with Gasteiger partial charge >= 0.3 is 0 Å². The second kappa shape index (κ2) is 8.45. The predicted octanol–water partition coefficient (Wildman–Crippen LogP) is 3.06. The summed E-state index contributed by atoms with van der Waals surface area (Å²) in [6, 6.07) is 17.9. The van der Waals surface area contributed by atoms with E-state index in [0.717, 1.165) is 11.3 Å². The van der Waals surface area contributed by atoms with Crippen LogP contribution in [0.3, 0.4) is 0 Å². The van der Waals surface area contributed by atoms with Crippen LogP contribution in [0.5, 0.6) is 0 Å². The number of pyridine rings is 1. The van der Waals surface area contributed by atoms with E-state index in [1.807, 2.05) is 24.3 Å². The average Bonchev–Trinajstić information content (AvgIpc) is 2.72. The number of anilines is 1. The molecule has 132 valence electrons. The maximum absolute atomic E-state index is 12.3. The van der Waals surface area contributed by atoms with Gasteiger partial charge in [-0.2, -0.15) is 0 Å². The molecule has 0 unspecified atom stereocenters. The molecule has 0 fully saturated rings. The van der Waals surface area contributed by atoms with Crippen molar-refractivity contribution < 1.29 is 4.79 Å². The van der Waals surface area contributed by atoms with E-state index < -0.39 is 0 Å². The summed E-state index contributed by atoms with van der Waals surface area (Å²) in [5.41, 5.74) is 9.10. The number of benzene rings is 2. The number of hydrogen-bond donors (Lipinski definition) is 3. The number of nitrogens with one attached hydrogen (secondary N) is 2. The molecule has 3 aromatic rings. The first-order valence-electron chi connectivity index (χ1n) is 8.35. The van der Waals surface area contributed by atoms with Crippen molar-refractivity contribution in [2.75, 3.05) is 11.9 Å². The molecule has 0 aliphatic heterocycles. The molecular formula is C22H18N4O. The highest BCUT2D eigenvalue weighted by molar-refractivity contribution is 6.08. The lowest BCUT2D eigenvalue weighted by atomic mass is 10.0. The standard InChI is InChI=1S/C22H18N4O/c23-22(24)19-7-9-20(10-8-19)26-13-1-2-16-3-5-17(6-4-16)21(27)18-11-14-25-15-12-18/h3-12,14-15,26H,13H2,(H3,23,24). The number of nitrogens with two attached hydrogens (primary N) is 1. The fourth-order valence-electron chi connectivity index (χ4n) is 2.44. The molecule has 0 bridgehead atoms. The largest absolute Gasteiger partial charge is 0.384 e. The van der Waals surface area contributed by atoms with E-state index in [0.29, 0.717) is 23.2 Å². The summed E-state index contributed by atoms with van der Waals surface area (Å²) in [4.78, 5) is 16.3. The smallest absolute Gasteiger partial charge is 0.193 e. The number of hydrogen-bond acceptors (Lipinski definition) is 4. The number of ketones is 1. The zero-order chi connectivity index (χ0) is 19.1. The van der Waals surface area contributed by atoms with Gasteiger partial charge < -0.3 is 11.1 Å². The van der Waals surface area contributed by atoms with Crippen molar-refractivity contribution >= 4 is 17.3 Å². The highest BCUT2D eigenvalue weighted by Gasteiger charge is 2.07. The fourth-order valence-corrected chi connectivity index (χ4v) is 2.44. The van der Waals surface area contributed by atoms with Gasteiger partial charge in [-0.15, -0.1) is 0 Å². The summed E-state index contributed by atoms with van der Waals surface area (Å²) in [5, 5.41) is 10.6. The minimum atomic E-state index is -0.0346. The van der Waals surface area contributed by atoms with Gasteiger partial charge in [0.1, 0.15) is 5.84 Å². The summed E-state index contributed by atoms with van der Waals surface area (Å²) in [6.45, 7) is 0.483. The third-order valence-corrected chi connectivity index (χ3v) is 3.90. The first-order valence-corrected chi connectivity index (χ1v) is 8.35. The Kier molecular flexibility index (Phi) is 5.60. The number of aromatic nitrogens is 1.